The van der Waals surface area contributed by atoms with E-state index >= 15 is 0 Å². The number of hydrogen-bond donors (Lipinski definition) is 1. The van der Waals surface area contributed by atoms with Crippen molar-refractivity contribution < 1.29 is 9.53 Å². The van der Waals surface area contributed by atoms with E-state index in [1.54, 1.807) is 0 Å². The number of hydrogen-bond acceptors (Lipinski definition) is 2. The minimum Gasteiger partial charge on any atom is -0.381 e. The molecule has 0 spiro atoms. The molecule has 0 radical (unpaired) electrons. The Morgan fingerprint density at radius 1 is 1.04 bits per heavy atom. The summed E-state index contributed by atoms with van der Waals surface area (Å²) in [6.07, 6.45) is 13.2. The number of rotatable bonds is 5. The minimum atomic E-state index is -0.0335. The summed E-state index contributed by atoms with van der Waals surface area (Å²) in [6, 6.07) is 0. The van der Waals surface area contributed by atoms with Crippen LogP contribution in [0.25, 0.3) is 0 Å². The van der Waals surface area contributed by atoms with Crippen LogP contribution in [0.15, 0.2) is 0 Å². The van der Waals surface area contributed by atoms with E-state index in [1.165, 1.54) is 57.8 Å². The summed E-state index contributed by atoms with van der Waals surface area (Å²) in [7, 11) is 0. The summed E-state index contributed by atoms with van der Waals surface area (Å²) >= 11 is 0. The Morgan fingerprint density at radius 2 is 1.85 bits per heavy atom. The molecule has 27 heavy (non-hydrogen) atoms. The summed E-state index contributed by atoms with van der Waals surface area (Å²) in [5.41, 5.74) is 6.57. The van der Waals surface area contributed by atoms with Crippen LogP contribution in [0.5, 0.6) is 0 Å². The second-order valence-electron chi connectivity index (χ2n) is 10.6. The fourth-order valence-electron chi connectivity index (χ4n) is 8.75. The van der Waals surface area contributed by atoms with Crippen molar-refractivity contribution in [2.75, 3.05) is 13.2 Å². The van der Waals surface area contributed by atoms with E-state index in [-0.39, 0.29) is 17.2 Å². The number of ether oxygens (including phenoxy) is 1. The molecule has 4 aliphatic carbocycles. The minimum absolute atomic E-state index is 0.0335. The monoisotopic (exact) mass is 375 g/mol. The zero-order chi connectivity index (χ0) is 19.2. The highest BCUT2D eigenvalue weighted by Gasteiger charge is 2.61. The van der Waals surface area contributed by atoms with E-state index in [9.17, 15) is 4.79 Å². The molecule has 4 rings (SSSR count). The standard InChI is InChI=1S/C24H41NO2/c1-4-24-13-10-16(15-27-5-2)14-17(24)6-7-18-19-8-9-21(22(25)26)23(19,3)12-11-20(18)24/h16-21H,4-15H2,1-3H3,(H2,25,26). The van der Waals surface area contributed by atoms with Gasteiger partial charge in [-0.05, 0) is 112 Å². The van der Waals surface area contributed by atoms with Crippen molar-refractivity contribution >= 4 is 5.91 Å². The van der Waals surface area contributed by atoms with Gasteiger partial charge in [-0.25, -0.2) is 0 Å². The normalized spacial score (nSPS) is 49.1. The third kappa shape index (κ3) is 2.98. The third-order valence-electron chi connectivity index (χ3n) is 10.0. The van der Waals surface area contributed by atoms with Gasteiger partial charge in [0.2, 0.25) is 5.91 Å². The van der Waals surface area contributed by atoms with E-state index in [2.05, 4.69) is 20.8 Å². The van der Waals surface area contributed by atoms with E-state index in [0.717, 1.165) is 49.2 Å². The highest BCUT2D eigenvalue weighted by atomic mass is 16.5. The van der Waals surface area contributed by atoms with Crippen LogP contribution in [0.4, 0.5) is 0 Å². The molecule has 3 heteroatoms. The fourth-order valence-corrected chi connectivity index (χ4v) is 8.75. The molecule has 0 aromatic carbocycles. The molecule has 3 nitrogen and oxygen atoms in total. The smallest absolute Gasteiger partial charge is 0.221 e. The summed E-state index contributed by atoms with van der Waals surface area (Å²) < 4.78 is 5.79. The number of carbonyl (C=O) groups excluding carboxylic acids is 1. The second-order valence-corrected chi connectivity index (χ2v) is 10.6. The molecule has 4 aliphatic rings. The molecule has 8 unspecified atom stereocenters. The maximum atomic E-state index is 12.1. The van der Waals surface area contributed by atoms with Crippen molar-refractivity contribution in [1.82, 2.24) is 0 Å². The van der Waals surface area contributed by atoms with Crippen LogP contribution in [0.2, 0.25) is 0 Å². The quantitative estimate of drug-likeness (QED) is 0.720. The maximum absolute atomic E-state index is 12.1. The van der Waals surface area contributed by atoms with Crippen LogP contribution in [-0.4, -0.2) is 19.1 Å². The first-order valence-electron chi connectivity index (χ1n) is 11.8. The van der Waals surface area contributed by atoms with Crippen molar-refractivity contribution in [3.63, 3.8) is 0 Å². The summed E-state index contributed by atoms with van der Waals surface area (Å²) in [6.45, 7) is 8.81. The predicted octanol–water partition coefficient (Wildman–Crippen LogP) is 5.17. The lowest BCUT2D eigenvalue weighted by molar-refractivity contribution is -0.142. The van der Waals surface area contributed by atoms with Crippen molar-refractivity contribution in [2.45, 2.75) is 85.0 Å². The molecule has 0 bridgehead atoms. The van der Waals surface area contributed by atoms with Gasteiger partial charge in [0.15, 0.2) is 0 Å². The first kappa shape index (κ1) is 19.7. The summed E-state index contributed by atoms with van der Waals surface area (Å²) in [4.78, 5) is 12.1. The van der Waals surface area contributed by atoms with Crippen LogP contribution < -0.4 is 5.73 Å². The Morgan fingerprint density at radius 3 is 2.56 bits per heavy atom. The number of fused-ring (bicyclic) bond motifs is 5. The molecule has 8 atom stereocenters. The van der Waals surface area contributed by atoms with Gasteiger partial charge in [-0.15, -0.1) is 0 Å². The van der Waals surface area contributed by atoms with Crippen LogP contribution >= 0.6 is 0 Å². The first-order valence-corrected chi connectivity index (χ1v) is 11.8. The predicted molar refractivity (Wildman–Crippen MR) is 109 cm³/mol. The number of amides is 1. The van der Waals surface area contributed by atoms with Gasteiger partial charge in [-0.1, -0.05) is 13.8 Å². The molecule has 4 saturated carbocycles. The molecule has 0 saturated heterocycles. The van der Waals surface area contributed by atoms with Crippen molar-refractivity contribution in [3.05, 3.63) is 0 Å². The summed E-state index contributed by atoms with van der Waals surface area (Å²) in [5, 5.41) is 0. The van der Waals surface area contributed by atoms with Gasteiger partial charge in [-0.3, -0.25) is 4.79 Å². The molecular weight excluding hydrogens is 334 g/mol. The number of carbonyl (C=O) groups is 1. The van der Waals surface area contributed by atoms with Gasteiger partial charge in [-0.2, -0.15) is 0 Å². The topological polar surface area (TPSA) is 52.3 Å². The van der Waals surface area contributed by atoms with Crippen molar-refractivity contribution in [1.29, 1.82) is 0 Å². The lowest BCUT2D eigenvalue weighted by atomic mass is 9.43. The van der Waals surface area contributed by atoms with E-state index in [1.807, 2.05) is 0 Å². The van der Waals surface area contributed by atoms with Gasteiger partial charge >= 0.3 is 0 Å². The lowest BCUT2D eigenvalue weighted by Crippen LogP contribution is -2.55. The van der Waals surface area contributed by atoms with Gasteiger partial charge in [0.1, 0.15) is 0 Å². The molecule has 4 fully saturated rings. The van der Waals surface area contributed by atoms with Crippen LogP contribution in [0.1, 0.15) is 85.0 Å². The zero-order valence-electron chi connectivity index (χ0n) is 17.8. The van der Waals surface area contributed by atoms with E-state index in [0.29, 0.717) is 5.41 Å². The number of nitrogens with two attached hydrogens (primary N) is 1. The van der Waals surface area contributed by atoms with Gasteiger partial charge in [0.25, 0.3) is 0 Å². The molecule has 0 aliphatic heterocycles. The van der Waals surface area contributed by atoms with E-state index < -0.39 is 0 Å². The molecule has 1 amide bonds. The SMILES string of the molecule is CCOCC1CCC2(CC)C(CCC3C4CCC(C(N)=O)C4(C)CCC32)C1. The van der Waals surface area contributed by atoms with Crippen LogP contribution in [-0.2, 0) is 9.53 Å². The van der Waals surface area contributed by atoms with Gasteiger partial charge in [0, 0.05) is 19.1 Å². The lowest BCUT2D eigenvalue weighted by Gasteiger charge is -2.62. The highest BCUT2D eigenvalue weighted by Crippen LogP contribution is 2.68. The Hall–Kier alpha value is -0.570. The fraction of sp³-hybridized carbons (Fsp3) is 0.958. The Kier molecular flexibility index (Phi) is 5.37. The summed E-state index contributed by atoms with van der Waals surface area (Å²) in [5.74, 6) is 4.24. The number of primary amides is 1. The molecule has 0 aromatic heterocycles. The van der Waals surface area contributed by atoms with Gasteiger partial charge in [0.05, 0.1) is 0 Å². The zero-order valence-corrected chi connectivity index (χ0v) is 17.8. The van der Waals surface area contributed by atoms with Crippen LogP contribution in [0, 0.1) is 46.3 Å². The van der Waals surface area contributed by atoms with Gasteiger partial charge < -0.3 is 10.5 Å². The maximum Gasteiger partial charge on any atom is 0.221 e. The average molecular weight is 376 g/mol. The van der Waals surface area contributed by atoms with Crippen molar-refractivity contribution in [2.24, 2.45) is 52.1 Å². The van der Waals surface area contributed by atoms with E-state index in [4.69, 9.17) is 10.5 Å². The molecule has 0 heterocycles. The highest BCUT2D eigenvalue weighted by molar-refractivity contribution is 5.78. The van der Waals surface area contributed by atoms with Crippen LogP contribution in [0.3, 0.4) is 0 Å². The molecular formula is C24H41NO2. The molecule has 2 N–H and O–H groups in total. The first-order chi connectivity index (χ1) is 13.0. The Bertz CT molecular complexity index is 563. The Balaban J connectivity index is 1.55. The third-order valence-corrected chi connectivity index (χ3v) is 10.0. The average Bonchev–Trinajstić information content (AvgIpc) is 3.03. The molecule has 0 aromatic rings. The Labute approximate surface area is 166 Å². The largest absolute Gasteiger partial charge is 0.381 e. The molecule has 154 valence electrons. The second kappa shape index (κ2) is 7.35. The van der Waals surface area contributed by atoms with Crippen molar-refractivity contribution in [3.8, 4) is 0 Å².